The predicted molar refractivity (Wildman–Crippen MR) is 105 cm³/mol. The molecule has 4 aliphatic carbocycles. The highest BCUT2D eigenvalue weighted by molar-refractivity contribution is 14.1. The lowest BCUT2D eigenvalue weighted by Gasteiger charge is -2.63. The molecule has 1 spiro atoms. The summed E-state index contributed by atoms with van der Waals surface area (Å²) in [4.78, 5) is 24.7. The summed E-state index contributed by atoms with van der Waals surface area (Å²) in [6, 6.07) is 5.12. The van der Waals surface area contributed by atoms with E-state index in [0.717, 1.165) is 3.57 Å². The molecule has 4 bridgehead atoms. The van der Waals surface area contributed by atoms with Crippen molar-refractivity contribution in [2.75, 3.05) is 0 Å². The van der Waals surface area contributed by atoms with E-state index in [1.807, 2.05) is 0 Å². The first-order valence-electron chi connectivity index (χ1n) is 9.64. The van der Waals surface area contributed by atoms with Gasteiger partial charge in [0.1, 0.15) is 16.9 Å². The normalized spacial score (nSPS) is 36.0. The van der Waals surface area contributed by atoms with E-state index in [4.69, 9.17) is 14.2 Å². The fourth-order valence-electron chi connectivity index (χ4n) is 5.81. The van der Waals surface area contributed by atoms with Crippen LogP contribution < -0.4 is 4.74 Å². The second kappa shape index (κ2) is 6.50. The van der Waals surface area contributed by atoms with Gasteiger partial charge in [-0.1, -0.05) is 0 Å². The molecule has 0 amide bonds. The van der Waals surface area contributed by atoms with E-state index in [-0.39, 0.29) is 25.2 Å². The van der Waals surface area contributed by atoms with E-state index in [1.54, 1.807) is 18.2 Å². The van der Waals surface area contributed by atoms with Gasteiger partial charge in [-0.3, -0.25) is 0 Å². The standard InChI is InChI=1S/C19H17F2IO8S/c20-19(21,31(25,26)27)16(24)30-17-6-9-3-10(7-17)18(11(4-9)8-17)28-14-2-1-12(22)5-13(14)15(23)29-18/h1-2,5,9-11H,3-4,6-8H2,(H,25,26,27)/p-1. The van der Waals surface area contributed by atoms with Crippen molar-refractivity contribution >= 4 is 44.6 Å². The number of rotatable bonds is 3. The molecule has 0 N–H and O–H groups in total. The predicted octanol–water partition coefficient (Wildman–Crippen LogP) is 2.80. The molecule has 0 radical (unpaired) electrons. The van der Waals surface area contributed by atoms with Crippen LogP contribution in [0.2, 0.25) is 0 Å². The molecule has 1 aromatic rings. The van der Waals surface area contributed by atoms with Gasteiger partial charge in [-0.2, -0.15) is 8.78 Å². The zero-order chi connectivity index (χ0) is 22.4. The number of fused-ring (bicyclic) bond motifs is 1. The molecule has 168 valence electrons. The van der Waals surface area contributed by atoms with Gasteiger partial charge in [-0.25, -0.2) is 18.0 Å². The Labute approximate surface area is 189 Å². The SMILES string of the molecule is O=C1OC2(Oc3ccc(I)cc31)C1CC3CC2CC(OC(=O)C(F)(F)S(=O)(=O)[O-])(C3)C1. The molecule has 8 nitrogen and oxygen atoms in total. The summed E-state index contributed by atoms with van der Waals surface area (Å²) in [6.07, 6.45) is 1.57. The molecule has 0 aromatic heterocycles. The Bertz CT molecular complexity index is 1090. The van der Waals surface area contributed by atoms with Gasteiger partial charge in [-0.05, 0) is 78.8 Å². The highest BCUT2D eigenvalue weighted by Gasteiger charge is 2.69. The van der Waals surface area contributed by atoms with Crippen molar-refractivity contribution in [2.24, 2.45) is 17.8 Å². The molecule has 6 rings (SSSR count). The number of esters is 2. The van der Waals surface area contributed by atoms with Gasteiger partial charge < -0.3 is 18.8 Å². The van der Waals surface area contributed by atoms with Gasteiger partial charge in [0.25, 0.3) is 5.79 Å². The Morgan fingerprint density at radius 2 is 1.84 bits per heavy atom. The first-order chi connectivity index (χ1) is 14.4. The molecular weight excluding hydrogens is 553 g/mol. The Hall–Kier alpha value is -1.54. The second-order valence-corrected chi connectivity index (χ2v) is 11.4. The van der Waals surface area contributed by atoms with Crippen LogP contribution in [0.4, 0.5) is 8.78 Å². The Balaban J connectivity index is 1.45. The van der Waals surface area contributed by atoms with Crippen molar-refractivity contribution in [3.8, 4) is 5.75 Å². The monoisotopic (exact) mass is 569 g/mol. The summed E-state index contributed by atoms with van der Waals surface area (Å²) < 4.78 is 77.8. The van der Waals surface area contributed by atoms with Gasteiger partial charge in [0.15, 0.2) is 10.1 Å². The number of hydrogen-bond acceptors (Lipinski definition) is 8. The number of hydrogen-bond donors (Lipinski definition) is 0. The lowest BCUT2D eigenvalue weighted by molar-refractivity contribution is -0.309. The fraction of sp³-hybridized carbons (Fsp3) is 0.579. The highest BCUT2D eigenvalue weighted by atomic mass is 127. The number of halogens is 3. The van der Waals surface area contributed by atoms with Crippen molar-refractivity contribution < 1.29 is 45.6 Å². The molecule has 0 saturated heterocycles. The quantitative estimate of drug-likeness (QED) is 0.310. The molecule has 5 aliphatic rings. The molecule has 1 heterocycles. The Morgan fingerprint density at radius 1 is 1.19 bits per heavy atom. The van der Waals surface area contributed by atoms with Crippen LogP contribution in [0.1, 0.15) is 42.5 Å². The average Bonchev–Trinajstić information content (AvgIpc) is 2.65. The smallest absolute Gasteiger partial charge is 0.428 e. The van der Waals surface area contributed by atoms with Gasteiger partial charge in [-0.15, -0.1) is 0 Å². The first kappa shape index (κ1) is 21.3. The number of benzene rings is 1. The highest BCUT2D eigenvalue weighted by Crippen LogP contribution is 2.63. The minimum Gasteiger partial charge on any atom is -0.743 e. The van der Waals surface area contributed by atoms with E-state index in [2.05, 4.69) is 22.6 Å². The van der Waals surface area contributed by atoms with Crippen LogP contribution in [-0.2, 0) is 24.4 Å². The summed E-state index contributed by atoms with van der Waals surface area (Å²) in [6.45, 7) is 0. The minimum absolute atomic E-state index is 0.00817. The maximum atomic E-state index is 13.7. The summed E-state index contributed by atoms with van der Waals surface area (Å²) >= 11 is 2.06. The first-order valence-corrected chi connectivity index (χ1v) is 12.1. The topological polar surface area (TPSA) is 119 Å². The van der Waals surface area contributed by atoms with Crippen molar-refractivity contribution in [1.82, 2.24) is 0 Å². The molecule has 2 atom stereocenters. The van der Waals surface area contributed by atoms with Crippen LogP contribution in [0.5, 0.6) is 5.75 Å². The van der Waals surface area contributed by atoms with Gasteiger partial charge in [0, 0.05) is 15.4 Å². The molecule has 12 heteroatoms. The summed E-state index contributed by atoms with van der Waals surface area (Å²) in [5.74, 6) is -4.67. The molecular formula is C19H16F2IO8S-. The van der Waals surface area contributed by atoms with Crippen molar-refractivity contribution in [3.05, 3.63) is 27.3 Å². The molecule has 31 heavy (non-hydrogen) atoms. The third-order valence-electron chi connectivity index (χ3n) is 6.82. The lowest BCUT2D eigenvalue weighted by atomic mass is 9.51. The third-order valence-corrected chi connectivity index (χ3v) is 8.28. The van der Waals surface area contributed by atoms with Crippen molar-refractivity contribution in [1.29, 1.82) is 0 Å². The van der Waals surface area contributed by atoms with Crippen LogP contribution in [0, 0.1) is 21.3 Å². The molecule has 4 fully saturated rings. The Morgan fingerprint density at radius 3 is 2.45 bits per heavy atom. The second-order valence-electron chi connectivity index (χ2n) is 8.74. The molecule has 4 saturated carbocycles. The zero-order valence-electron chi connectivity index (χ0n) is 15.8. The summed E-state index contributed by atoms with van der Waals surface area (Å²) in [5.41, 5.74) is -1.05. The lowest BCUT2D eigenvalue weighted by Crippen LogP contribution is -2.69. The van der Waals surface area contributed by atoms with Crippen molar-refractivity contribution in [2.45, 2.75) is 48.7 Å². The third kappa shape index (κ3) is 3.08. The fourth-order valence-corrected chi connectivity index (χ4v) is 6.55. The summed E-state index contributed by atoms with van der Waals surface area (Å²) in [7, 11) is -6.21. The average molecular weight is 569 g/mol. The maximum absolute atomic E-state index is 13.7. The minimum atomic E-state index is -6.21. The molecule has 1 aliphatic heterocycles. The number of carbonyl (C=O) groups is 2. The van der Waals surface area contributed by atoms with Gasteiger partial charge in [0.2, 0.25) is 0 Å². The number of carbonyl (C=O) groups excluding carboxylic acids is 2. The van der Waals surface area contributed by atoms with E-state index < -0.39 is 50.5 Å². The maximum Gasteiger partial charge on any atom is 0.428 e. The van der Waals surface area contributed by atoms with E-state index in [1.165, 1.54) is 0 Å². The van der Waals surface area contributed by atoms with E-state index in [9.17, 15) is 31.3 Å². The molecule has 2 unspecified atom stereocenters. The number of alkyl halides is 2. The summed E-state index contributed by atoms with van der Waals surface area (Å²) in [5, 5.41) is -5.17. The number of ether oxygens (including phenoxy) is 3. The Kier molecular flexibility index (Phi) is 4.47. The van der Waals surface area contributed by atoms with Gasteiger partial charge >= 0.3 is 17.2 Å². The van der Waals surface area contributed by atoms with Crippen LogP contribution in [0.3, 0.4) is 0 Å². The van der Waals surface area contributed by atoms with Crippen LogP contribution in [-0.4, -0.2) is 41.6 Å². The van der Waals surface area contributed by atoms with E-state index >= 15 is 0 Å². The largest absolute Gasteiger partial charge is 0.743 e. The van der Waals surface area contributed by atoms with Crippen LogP contribution >= 0.6 is 22.6 Å². The van der Waals surface area contributed by atoms with E-state index in [0.29, 0.717) is 24.2 Å². The zero-order valence-corrected chi connectivity index (χ0v) is 18.8. The van der Waals surface area contributed by atoms with Gasteiger partial charge in [0.05, 0.1) is 0 Å². The van der Waals surface area contributed by atoms with Crippen LogP contribution in [0.25, 0.3) is 0 Å². The van der Waals surface area contributed by atoms with Crippen molar-refractivity contribution in [3.63, 3.8) is 0 Å². The van der Waals surface area contributed by atoms with Crippen LogP contribution in [0.15, 0.2) is 18.2 Å². The molecule has 1 aromatic carbocycles.